The number of hydrogen-bond acceptors (Lipinski definition) is 5. The van der Waals surface area contributed by atoms with Crippen molar-refractivity contribution in [1.82, 2.24) is 10.6 Å². The second kappa shape index (κ2) is 11.5. The van der Waals surface area contributed by atoms with Crippen LogP contribution in [-0.2, 0) is 25.7 Å². The van der Waals surface area contributed by atoms with E-state index in [-0.39, 0.29) is 17.4 Å². The van der Waals surface area contributed by atoms with Crippen LogP contribution in [0.3, 0.4) is 0 Å². The summed E-state index contributed by atoms with van der Waals surface area (Å²) in [6.45, 7) is 17.3. The number of ether oxygens (including phenoxy) is 2. The lowest BCUT2D eigenvalue weighted by Gasteiger charge is -2.30. The van der Waals surface area contributed by atoms with Gasteiger partial charge in [-0.25, -0.2) is 9.59 Å². The molecule has 7 heteroatoms. The number of hydrogen-bond donors (Lipinski definition) is 2. The lowest BCUT2D eigenvalue weighted by atomic mass is 9.86. The lowest BCUT2D eigenvalue weighted by molar-refractivity contribution is -0.150. The van der Waals surface area contributed by atoms with Crippen molar-refractivity contribution in [1.29, 1.82) is 0 Å². The fourth-order valence-electron chi connectivity index (χ4n) is 3.18. The molecule has 2 amide bonds. The van der Waals surface area contributed by atoms with E-state index in [4.69, 9.17) is 9.47 Å². The Morgan fingerprint density at radius 2 is 1.30 bits per heavy atom. The summed E-state index contributed by atoms with van der Waals surface area (Å²) in [6, 6.07) is 7.67. The molecular formula is C26H42N2O5. The van der Waals surface area contributed by atoms with Crippen molar-refractivity contribution in [3.8, 4) is 0 Å². The highest BCUT2D eigenvalue weighted by molar-refractivity contribution is 5.89. The van der Waals surface area contributed by atoms with Crippen LogP contribution in [0, 0.1) is 10.8 Å². The van der Waals surface area contributed by atoms with E-state index in [2.05, 4.69) is 10.6 Å². The standard InChI is InChI=1S/C26H42N2O5/c1-24(2,3)15-19(28-23(31)33-26(7,8)9)21(29)27-20(16-25(4,5)6)22(30)32-17-18-13-11-10-12-14-18/h10-14,19-20H,15-17H2,1-9H3,(H,27,29)(H,28,31)/t19-,20-/m0/s1. The molecule has 0 bridgehead atoms. The Hall–Kier alpha value is -2.57. The summed E-state index contributed by atoms with van der Waals surface area (Å²) in [5.74, 6) is -0.949. The molecule has 0 aliphatic rings. The first-order valence-electron chi connectivity index (χ1n) is 11.5. The van der Waals surface area contributed by atoms with Gasteiger partial charge < -0.3 is 20.1 Å². The van der Waals surface area contributed by atoms with Gasteiger partial charge in [-0.2, -0.15) is 0 Å². The van der Waals surface area contributed by atoms with E-state index in [1.807, 2.05) is 71.9 Å². The first kappa shape index (κ1) is 28.5. The van der Waals surface area contributed by atoms with Crippen LogP contribution in [0.25, 0.3) is 0 Å². The van der Waals surface area contributed by atoms with Crippen molar-refractivity contribution in [2.75, 3.05) is 0 Å². The topological polar surface area (TPSA) is 93.7 Å². The smallest absolute Gasteiger partial charge is 0.408 e. The second-order valence-electron chi connectivity index (χ2n) is 11.9. The zero-order valence-corrected chi connectivity index (χ0v) is 21.7. The highest BCUT2D eigenvalue weighted by Crippen LogP contribution is 2.24. The maximum Gasteiger partial charge on any atom is 0.408 e. The minimum Gasteiger partial charge on any atom is -0.459 e. The minimum absolute atomic E-state index is 0.123. The van der Waals surface area contributed by atoms with Gasteiger partial charge in [0.05, 0.1) is 0 Å². The van der Waals surface area contributed by atoms with Gasteiger partial charge in [0.15, 0.2) is 0 Å². The monoisotopic (exact) mass is 462 g/mol. The molecule has 0 fully saturated rings. The number of amides is 2. The molecule has 0 saturated heterocycles. The Bertz CT molecular complexity index is 786. The van der Waals surface area contributed by atoms with Crippen molar-refractivity contribution in [3.63, 3.8) is 0 Å². The summed E-state index contributed by atoms with van der Waals surface area (Å²) in [5, 5.41) is 5.49. The molecule has 186 valence electrons. The molecule has 0 aliphatic carbocycles. The van der Waals surface area contributed by atoms with E-state index in [1.165, 1.54) is 0 Å². The number of benzene rings is 1. The van der Waals surface area contributed by atoms with Crippen LogP contribution >= 0.6 is 0 Å². The van der Waals surface area contributed by atoms with Crippen molar-refractivity contribution in [2.24, 2.45) is 10.8 Å². The molecule has 33 heavy (non-hydrogen) atoms. The number of esters is 1. The molecule has 1 rings (SSSR count). The third kappa shape index (κ3) is 12.9. The number of carbonyl (C=O) groups excluding carboxylic acids is 3. The largest absolute Gasteiger partial charge is 0.459 e. The molecular weight excluding hydrogens is 420 g/mol. The summed E-state index contributed by atoms with van der Waals surface area (Å²) in [4.78, 5) is 38.5. The third-order valence-corrected chi connectivity index (χ3v) is 4.47. The number of carbonyl (C=O) groups is 3. The average molecular weight is 463 g/mol. The van der Waals surface area contributed by atoms with Gasteiger partial charge in [0, 0.05) is 0 Å². The Labute approximate surface area is 199 Å². The molecule has 1 aromatic rings. The summed E-state index contributed by atoms with van der Waals surface area (Å²) in [5.41, 5.74) is -0.307. The van der Waals surface area contributed by atoms with E-state index in [1.54, 1.807) is 20.8 Å². The maximum absolute atomic E-state index is 13.2. The fraction of sp³-hybridized carbons (Fsp3) is 0.654. The van der Waals surface area contributed by atoms with Crippen LogP contribution in [0.2, 0.25) is 0 Å². The first-order chi connectivity index (χ1) is 15.0. The van der Waals surface area contributed by atoms with E-state index in [9.17, 15) is 14.4 Å². The summed E-state index contributed by atoms with van der Waals surface area (Å²) < 4.78 is 10.8. The molecule has 0 heterocycles. The van der Waals surface area contributed by atoms with Crippen LogP contribution in [0.15, 0.2) is 30.3 Å². The van der Waals surface area contributed by atoms with E-state index in [0.717, 1.165) is 5.56 Å². The van der Waals surface area contributed by atoms with E-state index < -0.39 is 35.7 Å². The van der Waals surface area contributed by atoms with Gasteiger partial charge >= 0.3 is 12.1 Å². The van der Waals surface area contributed by atoms with Gasteiger partial charge in [-0.15, -0.1) is 0 Å². The van der Waals surface area contributed by atoms with Crippen LogP contribution in [-0.4, -0.2) is 35.7 Å². The summed E-state index contributed by atoms with van der Waals surface area (Å²) in [7, 11) is 0. The molecule has 0 aromatic heterocycles. The van der Waals surface area contributed by atoms with E-state index >= 15 is 0 Å². The molecule has 2 N–H and O–H groups in total. The zero-order valence-electron chi connectivity index (χ0n) is 21.7. The Balaban J connectivity index is 2.97. The van der Waals surface area contributed by atoms with Crippen LogP contribution in [0.5, 0.6) is 0 Å². The molecule has 0 saturated carbocycles. The van der Waals surface area contributed by atoms with Gasteiger partial charge in [0.1, 0.15) is 24.3 Å². The Morgan fingerprint density at radius 3 is 1.79 bits per heavy atom. The highest BCUT2D eigenvalue weighted by Gasteiger charge is 2.33. The van der Waals surface area contributed by atoms with Gasteiger partial charge in [-0.05, 0) is 50.0 Å². The fourth-order valence-corrected chi connectivity index (χ4v) is 3.18. The van der Waals surface area contributed by atoms with Crippen molar-refractivity contribution in [2.45, 2.75) is 99.4 Å². The van der Waals surface area contributed by atoms with Gasteiger partial charge in [-0.3, -0.25) is 4.79 Å². The molecule has 0 radical (unpaired) electrons. The predicted molar refractivity (Wildman–Crippen MR) is 129 cm³/mol. The number of rotatable bonds is 8. The van der Waals surface area contributed by atoms with Crippen LogP contribution < -0.4 is 10.6 Å². The zero-order chi connectivity index (χ0) is 25.4. The van der Waals surface area contributed by atoms with E-state index in [0.29, 0.717) is 12.8 Å². The Kier molecular flexibility index (Phi) is 9.94. The molecule has 2 atom stereocenters. The van der Waals surface area contributed by atoms with Crippen molar-refractivity contribution >= 4 is 18.0 Å². The van der Waals surface area contributed by atoms with Gasteiger partial charge in [0.25, 0.3) is 0 Å². The highest BCUT2D eigenvalue weighted by atomic mass is 16.6. The average Bonchev–Trinajstić information content (AvgIpc) is 2.62. The van der Waals surface area contributed by atoms with Gasteiger partial charge in [-0.1, -0.05) is 71.9 Å². The summed E-state index contributed by atoms with van der Waals surface area (Å²) in [6.07, 6.45) is 0.0892. The quantitative estimate of drug-likeness (QED) is 0.532. The molecule has 0 aliphatic heterocycles. The third-order valence-electron chi connectivity index (χ3n) is 4.47. The maximum atomic E-state index is 13.2. The molecule has 0 spiro atoms. The SMILES string of the molecule is CC(C)(C)C[C@H](NC(=O)OC(C)(C)C)C(=O)N[C@@H](CC(C)(C)C)C(=O)OCc1ccccc1. The van der Waals surface area contributed by atoms with Crippen molar-refractivity contribution in [3.05, 3.63) is 35.9 Å². The normalized spacial score (nSPS) is 14.1. The first-order valence-corrected chi connectivity index (χ1v) is 11.5. The Morgan fingerprint density at radius 1 is 0.788 bits per heavy atom. The molecule has 1 aromatic carbocycles. The van der Waals surface area contributed by atoms with Crippen molar-refractivity contribution < 1.29 is 23.9 Å². The number of alkyl carbamates (subject to hydrolysis) is 1. The van der Waals surface area contributed by atoms with Crippen LogP contribution in [0.4, 0.5) is 4.79 Å². The number of nitrogens with one attached hydrogen (secondary N) is 2. The molecule has 7 nitrogen and oxygen atoms in total. The van der Waals surface area contributed by atoms with Crippen LogP contribution in [0.1, 0.15) is 80.7 Å². The predicted octanol–water partition coefficient (Wildman–Crippen LogP) is 4.98. The molecule has 0 unspecified atom stereocenters. The second-order valence-corrected chi connectivity index (χ2v) is 11.9. The van der Waals surface area contributed by atoms with Gasteiger partial charge in [0.2, 0.25) is 5.91 Å². The lowest BCUT2D eigenvalue weighted by Crippen LogP contribution is -2.54. The minimum atomic E-state index is -0.857. The summed E-state index contributed by atoms with van der Waals surface area (Å²) >= 11 is 0.